The maximum atomic E-state index is 13.8. The molecule has 0 saturated carbocycles. The Labute approximate surface area is 178 Å². The van der Waals surface area contributed by atoms with Gasteiger partial charge >= 0.3 is 12.4 Å². The summed E-state index contributed by atoms with van der Waals surface area (Å²) < 4.78 is 96.8. The zero-order chi connectivity index (χ0) is 22.6. The molecule has 2 rings (SSSR count). The van der Waals surface area contributed by atoms with Gasteiger partial charge < -0.3 is 14.2 Å². The Bertz CT molecular complexity index is 777. The van der Waals surface area contributed by atoms with Crippen LogP contribution in [0.25, 0.3) is 0 Å². The summed E-state index contributed by atoms with van der Waals surface area (Å²) in [6.45, 7) is 1.04. The molecule has 1 aromatic rings. The van der Waals surface area contributed by atoms with Crippen molar-refractivity contribution in [1.29, 1.82) is 0 Å². The molecule has 11 heteroatoms. The molecule has 1 aliphatic heterocycles. The molecule has 30 heavy (non-hydrogen) atoms. The molecule has 0 fully saturated rings. The number of nitrogens with zero attached hydrogens (tertiary/aromatic N) is 1. The molecule has 0 bridgehead atoms. The molecule has 0 spiro atoms. The highest BCUT2D eigenvalue weighted by Gasteiger charge is 2.73. The smallest absolute Gasteiger partial charge is 0.430 e. The fourth-order valence-electron chi connectivity index (χ4n) is 2.95. The molecule has 1 atom stereocenters. The molecular formula is C19H20BrF6NO3. The van der Waals surface area contributed by atoms with E-state index in [9.17, 15) is 26.3 Å². The molecule has 4 nitrogen and oxygen atoms in total. The summed E-state index contributed by atoms with van der Waals surface area (Å²) in [5.74, 6) is 0.478. The number of allylic oxidation sites excluding steroid dienone is 1. The lowest BCUT2D eigenvalue weighted by molar-refractivity contribution is -0.400. The molecular weight excluding hydrogens is 484 g/mol. The molecule has 0 radical (unpaired) electrons. The highest BCUT2D eigenvalue weighted by molar-refractivity contribution is 9.09. The number of hydrogen-bond acceptors (Lipinski definition) is 4. The molecule has 0 aliphatic carbocycles. The van der Waals surface area contributed by atoms with E-state index in [1.165, 1.54) is 6.21 Å². The summed E-state index contributed by atoms with van der Waals surface area (Å²) in [6.07, 6.45) is -7.75. The average molecular weight is 504 g/mol. The van der Waals surface area contributed by atoms with Crippen LogP contribution in [0.2, 0.25) is 0 Å². The molecule has 0 amide bonds. The number of aryl methyl sites for hydroxylation is 1. The molecule has 1 unspecified atom stereocenters. The van der Waals surface area contributed by atoms with E-state index >= 15 is 0 Å². The Kier molecular flexibility index (Phi) is 7.97. The van der Waals surface area contributed by atoms with E-state index in [2.05, 4.69) is 30.4 Å². The number of alkyl halides is 7. The van der Waals surface area contributed by atoms with Gasteiger partial charge in [-0.15, -0.1) is 0 Å². The first-order valence-corrected chi connectivity index (χ1v) is 9.81. The van der Waals surface area contributed by atoms with E-state index in [0.717, 1.165) is 19.2 Å². The summed E-state index contributed by atoms with van der Waals surface area (Å²) in [7, 11) is 0.938. The molecule has 1 heterocycles. The minimum absolute atomic E-state index is 0.0862. The molecule has 168 valence electrons. The lowest BCUT2D eigenvalue weighted by Gasteiger charge is -2.37. The van der Waals surface area contributed by atoms with E-state index in [1.54, 1.807) is 13.0 Å². The van der Waals surface area contributed by atoms with E-state index in [-0.39, 0.29) is 22.6 Å². The zero-order valence-corrected chi connectivity index (χ0v) is 17.7. The van der Waals surface area contributed by atoms with Crippen LogP contribution in [-0.4, -0.2) is 43.8 Å². The monoisotopic (exact) mass is 503 g/mol. The predicted octanol–water partition coefficient (Wildman–Crippen LogP) is 5.69. The van der Waals surface area contributed by atoms with Gasteiger partial charge in [-0.3, -0.25) is 4.99 Å². The van der Waals surface area contributed by atoms with Crippen LogP contribution in [0.5, 0.6) is 5.75 Å². The number of methoxy groups -OCH3 is 1. The fourth-order valence-corrected chi connectivity index (χ4v) is 3.38. The summed E-state index contributed by atoms with van der Waals surface area (Å²) >= 11 is 3.35. The Hall–Kier alpha value is -1.59. The predicted molar refractivity (Wildman–Crippen MR) is 102 cm³/mol. The fraction of sp³-hybridized carbons (Fsp3) is 0.526. The van der Waals surface area contributed by atoms with Crippen molar-refractivity contribution in [3.8, 4) is 5.75 Å². The third-order valence-electron chi connectivity index (χ3n) is 4.25. The maximum absolute atomic E-state index is 13.8. The Morgan fingerprint density at radius 3 is 2.33 bits per heavy atom. The number of benzene rings is 1. The Morgan fingerprint density at radius 2 is 1.80 bits per heavy atom. The van der Waals surface area contributed by atoms with Crippen molar-refractivity contribution < 1.29 is 40.6 Å². The highest BCUT2D eigenvalue weighted by atomic mass is 79.9. The second-order valence-electron chi connectivity index (χ2n) is 6.48. The van der Waals surface area contributed by atoms with E-state index in [4.69, 9.17) is 4.74 Å². The van der Waals surface area contributed by atoms with Crippen LogP contribution >= 0.6 is 15.9 Å². The number of ether oxygens (including phenoxy) is 3. The van der Waals surface area contributed by atoms with Gasteiger partial charge in [-0.25, -0.2) is 0 Å². The minimum Gasteiger partial charge on any atom is -0.456 e. The molecule has 1 aromatic carbocycles. The number of rotatable bonds is 8. The molecule has 0 aromatic heterocycles. The van der Waals surface area contributed by atoms with Crippen LogP contribution in [0.1, 0.15) is 24.5 Å². The van der Waals surface area contributed by atoms with E-state index in [0.29, 0.717) is 24.8 Å². The zero-order valence-electron chi connectivity index (χ0n) is 16.1. The van der Waals surface area contributed by atoms with Gasteiger partial charge in [0.05, 0.1) is 17.6 Å². The number of halogens is 7. The van der Waals surface area contributed by atoms with Crippen LogP contribution in [0, 0.1) is 0 Å². The SMILES string of the molecule is CCCc1cc(C(OCOC)(C(F)(F)F)C(F)(F)F)ccc1OC1=CC(Br)CN=C1. The number of dihydropyridines is 1. The van der Waals surface area contributed by atoms with Gasteiger partial charge in [-0.2, -0.15) is 26.3 Å². The van der Waals surface area contributed by atoms with Crippen LogP contribution < -0.4 is 4.74 Å². The standard InChI is InChI=1S/C19H20BrF6NO3/c1-3-4-12-7-13(5-6-16(12)30-15-8-14(20)9-27-10-15)17(18(21,22)23,19(24,25)26)29-11-28-2/h5-8,10,14H,3-4,9,11H2,1-2H3. The maximum Gasteiger partial charge on any atom is 0.430 e. The van der Waals surface area contributed by atoms with Gasteiger partial charge in [-0.1, -0.05) is 35.3 Å². The number of aliphatic imine (C=N–C) groups is 1. The normalized spacial score (nSPS) is 17.8. The third kappa shape index (κ3) is 5.17. The quantitative estimate of drug-likeness (QED) is 0.260. The first-order chi connectivity index (χ1) is 14.0. The van der Waals surface area contributed by atoms with Crippen LogP contribution in [0.3, 0.4) is 0 Å². The minimum atomic E-state index is -5.78. The second-order valence-corrected chi connectivity index (χ2v) is 7.66. The summed E-state index contributed by atoms with van der Waals surface area (Å²) in [6, 6.07) is 2.61. The van der Waals surface area contributed by atoms with Crippen molar-refractivity contribution in [3.05, 3.63) is 41.2 Å². The summed E-state index contributed by atoms with van der Waals surface area (Å²) in [5, 5.41) is 0. The van der Waals surface area contributed by atoms with Crippen LogP contribution in [0.15, 0.2) is 35.0 Å². The summed E-state index contributed by atoms with van der Waals surface area (Å²) in [5.41, 5.74) is -5.45. The largest absolute Gasteiger partial charge is 0.456 e. The van der Waals surface area contributed by atoms with E-state index in [1.807, 2.05) is 0 Å². The number of hydrogen-bond donors (Lipinski definition) is 0. The van der Waals surface area contributed by atoms with Gasteiger partial charge in [0, 0.05) is 12.7 Å². The van der Waals surface area contributed by atoms with Gasteiger partial charge in [0.15, 0.2) is 0 Å². The molecule has 0 N–H and O–H groups in total. The van der Waals surface area contributed by atoms with Gasteiger partial charge in [0.2, 0.25) is 0 Å². The Morgan fingerprint density at radius 1 is 1.13 bits per heavy atom. The van der Waals surface area contributed by atoms with Crippen molar-refractivity contribution in [3.63, 3.8) is 0 Å². The van der Waals surface area contributed by atoms with Crippen LogP contribution in [0.4, 0.5) is 26.3 Å². The average Bonchev–Trinajstić information content (AvgIpc) is 2.62. The molecule has 0 saturated heterocycles. The van der Waals surface area contributed by atoms with Crippen molar-refractivity contribution in [1.82, 2.24) is 0 Å². The highest BCUT2D eigenvalue weighted by Crippen LogP contribution is 2.53. The Balaban J connectivity index is 2.57. The van der Waals surface area contributed by atoms with Crippen molar-refractivity contribution in [2.45, 2.75) is 42.5 Å². The second kappa shape index (κ2) is 9.69. The topological polar surface area (TPSA) is 40.0 Å². The third-order valence-corrected chi connectivity index (χ3v) is 4.80. The van der Waals surface area contributed by atoms with Gasteiger partial charge in [0.1, 0.15) is 18.3 Å². The van der Waals surface area contributed by atoms with Crippen molar-refractivity contribution in [2.24, 2.45) is 4.99 Å². The van der Waals surface area contributed by atoms with Crippen molar-refractivity contribution in [2.75, 3.05) is 20.4 Å². The van der Waals surface area contributed by atoms with E-state index < -0.39 is 30.3 Å². The van der Waals surface area contributed by atoms with Crippen LogP contribution in [-0.2, 0) is 21.5 Å². The first kappa shape index (κ1) is 24.7. The van der Waals surface area contributed by atoms with Crippen molar-refractivity contribution >= 4 is 22.1 Å². The first-order valence-electron chi connectivity index (χ1n) is 8.89. The summed E-state index contributed by atoms with van der Waals surface area (Å²) in [4.78, 5) is 3.98. The van der Waals surface area contributed by atoms with Gasteiger partial charge in [0.25, 0.3) is 5.60 Å². The molecule has 1 aliphatic rings. The van der Waals surface area contributed by atoms with Gasteiger partial charge in [-0.05, 0) is 30.2 Å². The lowest BCUT2D eigenvalue weighted by Crippen LogP contribution is -2.56. The lowest BCUT2D eigenvalue weighted by atomic mass is 9.89.